The molecule has 0 aromatic carbocycles. The van der Waals surface area contributed by atoms with Crippen LogP contribution in [0, 0.1) is 0 Å². The number of aliphatic hydroxyl groups excluding tert-OH is 1. The predicted octanol–water partition coefficient (Wildman–Crippen LogP) is 0.697. The Labute approximate surface area is 171 Å². The zero-order valence-electron chi connectivity index (χ0n) is 17.0. The van der Waals surface area contributed by atoms with Crippen molar-refractivity contribution in [1.29, 1.82) is 0 Å². The summed E-state index contributed by atoms with van der Waals surface area (Å²) in [6.07, 6.45) is 6.13. The number of Topliss-reactive ketones (excluding diaryl/α,β-unsaturated/α-hetero) is 1. The van der Waals surface area contributed by atoms with E-state index in [1.165, 1.54) is 40.8 Å². The molecule has 0 radical (unpaired) electrons. The van der Waals surface area contributed by atoms with Gasteiger partial charge >= 0.3 is 6.03 Å². The Kier molecular flexibility index (Phi) is 7.19. The minimum atomic E-state index is -0.939. The molecule has 1 aromatic heterocycles. The Hall–Kier alpha value is -2.48. The Morgan fingerprint density at radius 2 is 2.03 bits per heavy atom. The molecule has 1 fully saturated rings. The van der Waals surface area contributed by atoms with Gasteiger partial charge in [-0.05, 0) is 57.1 Å². The molecule has 1 saturated heterocycles. The molecule has 8 nitrogen and oxygen atoms in total. The second kappa shape index (κ2) is 9.82. The number of carbonyl (C=O) groups is 3. The standard InChI is InChI=1S/C21H30N4O4/c1-15(27)13-24-11-12-25(19(14-26)20(24)28)21(29)22-10-4-6-17-9-8-16-5-2-3-7-18(16)23-17/h8-9,19,26H,2-7,10-14H2,1H3,(H,22,29)/t19-/m1/s1. The lowest BCUT2D eigenvalue weighted by Crippen LogP contribution is -2.62. The largest absolute Gasteiger partial charge is 0.394 e. The summed E-state index contributed by atoms with van der Waals surface area (Å²) in [5.41, 5.74) is 3.61. The number of ketones is 1. The Morgan fingerprint density at radius 3 is 2.79 bits per heavy atom. The predicted molar refractivity (Wildman–Crippen MR) is 107 cm³/mol. The number of nitrogens with zero attached hydrogens (tertiary/aromatic N) is 3. The van der Waals surface area contributed by atoms with E-state index in [2.05, 4.69) is 17.4 Å². The van der Waals surface area contributed by atoms with E-state index in [0.29, 0.717) is 19.6 Å². The Morgan fingerprint density at radius 1 is 1.24 bits per heavy atom. The summed E-state index contributed by atoms with van der Waals surface area (Å²) >= 11 is 0. The van der Waals surface area contributed by atoms with Crippen LogP contribution in [0.3, 0.4) is 0 Å². The fraction of sp³-hybridized carbons (Fsp3) is 0.619. The number of carbonyl (C=O) groups excluding carboxylic acids is 3. The summed E-state index contributed by atoms with van der Waals surface area (Å²) < 4.78 is 0. The number of fused-ring (bicyclic) bond motifs is 1. The van der Waals surface area contributed by atoms with Crippen molar-refractivity contribution in [2.45, 2.75) is 51.5 Å². The van der Waals surface area contributed by atoms with Crippen molar-refractivity contribution in [2.24, 2.45) is 0 Å². The fourth-order valence-electron chi connectivity index (χ4n) is 4.02. The van der Waals surface area contributed by atoms with Crippen molar-refractivity contribution in [3.05, 3.63) is 29.1 Å². The van der Waals surface area contributed by atoms with Gasteiger partial charge in [0.1, 0.15) is 11.8 Å². The third-order valence-electron chi connectivity index (χ3n) is 5.55. The van der Waals surface area contributed by atoms with Crippen LogP contribution in [0.4, 0.5) is 4.79 Å². The highest BCUT2D eigenvalue weighted by Gasteiger charge is 2.37. The molecule has 2 N–H and O–H groups in total. The van der Waals surface area contributed by atoms with Crippen LogP contribution in [0.5, 0.6) is 0 Å². The summed E-state index contributed by atoms with van der Waals surface area (Å²) in [7, 11) is 0. The van der Waals surface area contributed by atoms with E-state index in [1.54, 1.807) is 0 Å². The number of hydrogen-bond acceptors (Lipinski definition) is 5. The quantitative estimate of drug-likeness (QED) is 0.654. The lowest BCUT2D eigenvalue weighted by atomic mass is 9.95. The van der Waals surface area contributed by atoms with Gasteiger partial charge < -0.3 is 20.2 Å². The number of piperazine rings is 1. The number of pyridine rings is 1. The molecule has 0 unspecified atom stereocenters. The van der Waals surface area contributed by atoms with E-state index < -0.39 is 12.6 Å². The lowest BCUT2D eigenvalue weighted by molar-refractivity contribution is -0.144. The zero-order chi connectivity index (χ0) is 20.8. The van der Waals surface area contributed by atoms with Crippen LogP contribution in [0.1, 0.15) is 43.1 Å². The highest BCUT2D eigenvalue weighted by atomic mass is 16.3. The van der Waals surface area contributed by atoms with Gasteiger partial charge in [-0.2, -0.15) is 0 Å². The molecule has 3 rings (SSSR count). The summed E-state index contributed by atoms with van der Waals surface area (Å²) in [5.74, 6) is -0.508. The van der Waals surface area contributed by atoms with Crippen LogP contribution in [0.15, 0.2) is 12.1 Å². The molecule has 1 atom stereocenters. The first-order valence-electron chi connectivity index (χ1n) is 10.4. The highest BCUT2D eigenvalue weighted by Crippen LogP contribution is 2.20. The maximum Gasteiger partial charge on any atom is 0.318 e. The van der Waals surface area contributed by atoms with Gasteiger partial charge in [-0.1, -0.05) is 6.07 Å². The lowest BCUT2D eigenvalue weighted by Gasteiger charge is -2.39. The zero-order valence-corrected chi connectivity index (χ0v) is 17.0. The molecule has 0 saturated carbocycles. The van der Waals surface area contributed by atoms with Gasteiger partial charge in [-0.25, -0.2) is 4.79 Å². The molecular weight excluding hydrogens is 372 g/mol. The number of aliphatic hydroxyl groups is 1. The number of urea groups is 1. The summed E-state index contributed by atoms with van der Waals surface area (Å²) in [5, 5.41) is 12.4. The first-order chi connectivity index (χ1) is 14.0. The van der Waals surface area contributed by atoms with E-state index >= 15 is 0 Å². The summed E-state index contributed by atoms with van der Waals surface area (Å²) in [6, 6.07) is 2.94. The molecule has 3 amide bonds. The molecule has 158 valence electrons. The number of rotatable bonds is 7. The molecule has 0 spiro atoms. The first kappa shape index (κ1) is 21.2. The Balaban J connectivity index is 1.46. The SMILES string of the molecule is CC(=O)CN1CCN(C(=O)NCCCc2ccc3c(n2)CCCC3)[C@H](CO)C1=O. The van der Waals surface area contributed by atoms with E-state index in [0.717, 1.165) is 31.4 Å². The van der Waals surface area contributed by atoms with Crippen LogP contribution in [0.2, 0.25) is 0 Å². The topological polar surface area (TPSA) is 103 Å². The van der Waals surface area contributed by atoms with Gasteiger partial charge in [0.25, 0.3) is 0 Å². The average Bonchev–Trinajstić information content (AvgIpc) is 2.72. The van der Waals surface area contributed by atoms with Crippen molar-refractivity contribution in [2.75, 3.05) is 32.8 Å². The second-order valence-electron chi connectivity index (χ2n) is 7.80. The monoisotopic (exact) mass is 402 g/mol. The van der Waals surface area contributed by atoms with Crippen molar-refractivity contribution in [3.8, 4) is 0 Å². The molecule has 29 heavy (non-hydrogen) atoms. The molecule has 1 aromatic rings. The summed E-state index contributed by atoms with van der Waals surface area (Å²) in [6.45, 7) is 2.03. The minimum Gasteiger partial charge on any atom is -0.394 e. The van der Waals surface area contributed by atoms with Crippen molar-refractivity contribution >= 4 is 17.7 Å². The molecular formula is C21H30N4O4. The maximum atomic E-state index is 12.5. The number of amides is 3. The maximum absolute atomic E-state index is 12.5. The van der Waals surface area contributed by atoms with Crippen molar-refractivity contribution < 1.29 is 19.5 Å². The van der Waals surface area contributed by atoms with Gasteiger partial charge in [0.2, 0.25) is 5.91 Å². The highest BCUT2D eigenvalue weighted by molar-refractivity contribution is 5.91. The van der Waals surface area contributed by atoms with Crippen molar-refractivity contribution in [3.63, 3.8) is 0 Å². The number of nitrogens with one attached hydrogen (secondary N) is 1. The molecule has 1 aliphatic heterocycles. The minimum absolute atomic E-state index is 0.0125. The molecule has 1 aliphatic carbocycles. The van der Waals surface area contributed by atoms with Crippen molar-refractivity contribution in [1.82, 2.24) is 20.1 Å². The van der Waals surface area contributed by atoms with Crippen LogP contribution < -0.4 is 5.32 Å². The van der Waals surface area contributed by atoms with Crippen LogP contribution in [-0.2, 0) is 28.9 Å². The van der Waals surface area contributed by atoms with E-state index in [1.807, 2.05) is 0 Å². The van der Waals surface area contributed by atoms with E-state index in [4.69, 9.17) is 4.98 Å². The van der Waals surface area contributed by atoms with Gasteiger partial charge in [0.15, 0.2) is 0 Å². The Bertz CT molecular complexity index is 767. The van der Waals surface area contributed by atoms with Gasteiger partial charge in [0.05, 0.1) is 13.2 Å². The van der Waals surface area contributed by atoms with Gasteiger partial charge in [-0.15, -0.1) is 0 Å². The van der Waals surface area contributed by atoms with Gasteiger partial charge in [0, 0.05) is 31.0 Å². The number of hydrogen-bond donors (Lipinski definition) is 2. The second-order valence-corrected chi connectivity index (χ2v) is 7.80. The third-order valence-corrected chi connectivity index (χ3v) is 5.55. The average molecular weight is 402 g/mol. The van der Waals surface area contributed by atoms with E-state index in [9.17, 15) is 19.5 Å². The van der Waals surface area contributed by atoms with Crippen LogP contribution >= 0.6 is 0 Å². The number of aromatic nitrogens is 1. The summed E-state index contributed by atoms with van der Waals surface area (Å²) in [4.78, 5) is 43.7. The van der Waals surface area contributed by atoms with Crippen LogP contribution in [0.25, 0.3) is 0 Å². The van der Waals surface area contributed by atoms with Gasteiger partial charge in [-0.3, -0.25) is 14.6 Å². The fourth-order valence-corrected chi connectivity index (χ4v) is 4.02. The van der Waals surface area contributed by atoms with E-state index in [-0.39, 0.29) is 24.3 Å². The molecule has 0 bridgehead atoms. The first-order valence-corrected chi connectivity index (χ1v) is 10.4. The smallest absolute Gasteiger partial charge is 0.318 e. The molecule has 8 heteroatoms. The normalized spacial score (nSPS) is 19.1. The van der Waals surface area contributed by atoms with Crippen LogP contribution in [-0.4, -0.2) is 76.4 Å². The molecule has 2 heterocycles. The molecule has 2 aliphatic rings. The number of aryl methyl sites for hydroxylation is 3. The third kappa shape index (κ3) is 5.32.